The molecular formula is C20H21F2NOS2. The molecule has 0 aliphatic carbocycles. The highest BCUT2D eigenvalue weighted by Crippen LogP contribution is 2.43. The molecule has 1 aliphatic heterocycles. The van der Waals surface area contributed by atoms with E-state index in [9.17, 15) is 13.6 Å². The molecule has 0 spiro atoms. The highest BCUT2D eigenvalue weighted by Gasteiger charge is 2.21. The van der Waals surface area contributed by atoms with Gasteiger partial charge >= 0.3 is 0 Å². The Morgan fingerprint density at radius 2 is 1.73 bits per heavy atom. The number of nitrogens with zero attached hydrogens (tertiary/aromatic N) is 1. The zero-order valence-electron chi connectivity index (χ0n) is 14.7. The molecule has 0 bridgehead atoms. The number of rotatable bonds is 4. The maximum Gasteiger partial charge on any atom is 0.254 e. The van der Waals surface area contributed by atoms with E-state index in [1.807, 2.05) is 47.8 Å². The second-order valence-corrected chi connectivity index (χ2v) is 9.04. The Morgan fingerprint density at radius 1 is 1.08 bits per heavy atom. The van der Waals surface area contributed by atoms with Crippen LogP contribution in [0.4, 0.5) is 8.78 Å². The Bertz CT molecular complexity index is 776. The summed E-state index contributed by atoms with van der Waals surface area (Å²) in [6.45, 7) is 1.80. The van der Waals surface area contributed by atoms with Gasteiger partial charge in [-0.3, -0.25) is 4.79 Å². The van der Waals surface area contributed by atoms with Crippen LogP contribution >= 0.6 is 23.5 Å². The van der Waals surface area contributed by atoms with Gasteiger partial charge in [0.15, 0.2) is 11.6 Å². The van der Waals surface area contributed by atoms with Crippen molar-refractivity contribution in [1.82, 2.24) is 4.90 Å². The molecule has 1 saturated heterocycles. The second-order valence-electron chi connectivity index (χ2n) is 6.31. The van der Waals surface area contributed by atoms with Gasteiger partial charge in [0.05, 0.1) is 10.6 Å². The van der Waals surface area contributed by atoms with E-state index < -0.39 is 11.6 Å². The lowest BCUT2D eigenvalue weighted by Crippen LogP contribution is -2.29. The summed E-state index contributed by atoms with van der Waals surface area (Å²) in [6, 6.07) is 11.1. The highest BCUT2D eigenvalue weighted by molar-refractivity contribution is 8.16. The van der Waals surface area contributed by atoms with Crippen molar-refractivity contribution in [3.8, 4) is 0 Å². The van der Waals surface area contributed by atoms with Crippen LogP contribution in [0.2, 0.25) is 0 Å². The normalized spacial score (nSPS) is 16.3. The summed E-state index contributed by atoms with van der Waals surface area (Å²) in [5.41, 5.74) is 2.38. The lowest BCUT2D eigenvalue weighted by atomic mass is 10.1. The Kier molecular flexibility index (Phi) is 6.24. The van der Waals surface area contributed by atoms with Crippen molar-refractivity contribution in [2.24, 2.45) is 0 Å². The third-order valence-electron chi connectivity index (χ3n) is 4.58. The largest absolute Gasteiger partial charge is 0.335 e. The van der Waals surface area contributed by atoms with Gasteiger partial charge in [-0.05, 0) is 60.2 Å². The number of halogens is 2. The summed E-state index contributed by atoms with van der Waals surface area (Å²) in [5.74, 6) is 0.420. The molecule has 2 aromatic carbocycles. The fourth-order valence-corrected chi connectivity index (χ4v) is 5.73. The molecule has 6 heteroatoms. The van der Waals surface area contributed by atoms with Crippen molar-refractivity contribution < 1.29 is 13.6 Å². The lowest BCUT2D eigenvalue weighted by molar-refractivity contribution is 0.0742. The van der Waals surface area contributed by atoms with Crippen LogP contribution in [0, 0.1) is 11.6 Å². The number of hydrogen-bond donors (Lipinski definition) is 0. The maximum absolute atomic E-state index is 13.5. The summed E-state index contributed by atoms with van der Waals surface area (Å²) in [5, 5.41) is 0. The van der Waals surface area contributed by atoms with E-state index in [-0.39, 0.29) is 11.9 Å². The molecule has 0 aromatic heterocycles. The fraction of sp³-hybridized carbons (Fsp3) is 0.350. The molecule has 0 N–H and O–H groups in total. The molecule has 1 aliphatic rings. The van der Waals surface area contributed by atoms with E-state index in [0.29, 0.717) is 15.7 Å². The van der Waals surface area contributed by atoms with Gasteiger partial charge in [0, 0.05) is 12.6 Å². The third-order valence-corrected chi connectivity index (χ3v) is 7.60. The Morgan fingerprint density at radius 3 is 2.35 bits per heavy atom. The van der Waals surface area contributed by atoms with Crippen LogP contribution in [-0.4, -0.2) is 29.4 Å². The van der Waals surface area contributed by atoms with Gasteiger partial charge in [-0.1, -0.05) is 18.2 Å². The first-order chi connectivity index (χ1) is 12.5. The van der Waals surface area contributed by atoms with Crippen molar-refractivity contribution in [3.63, 3.8) is 0 Å². The van der Waals surface area contributed by atoms with Crippen molar-refractivity contribution in [2.75, 3.05) is 18.6 Å². The van der Waals surface area contributed by atoms with E-state index in [1.165, 1.54) is 29.6 Å². The van der Waals surface area contributed by atoms with Crippen LogP contribution in [0.5, 0.6) is 0 Å². The smallest absolute Gasteiger partial charge is 0.254 e. The zero-order chi connectivity index (χ0) is 18.7. The third kappa shape index (κ3) is 4.23. The average Bonchev–Trinajstić information content (AvgIpc) is 2.69. The molecule has 0 radical (unpaired) electrons. The van der Waals surface area contributed by atoms with Crippen LogP contribution in [-0.2, 0) is 0 Å². The predicted molar refractivity (Wildman–Crippen MR) is 106 cm³/mol. The first-order valence-electron chi connectivity index (χ1n) is 8.52. The summed E-state index contributed by atoms with van der Waals surface area (Å²) >= 11 is 3.89. The number of thioether (sulfide) groups is 2. The zero-order valence-corrected chi connectivity index (χ0v) is 16.4. The summed E-state index contributed by atoms with van der Waals surface area (Å²) < 4.78 is 27.0. The van der Waals surface area contributed by atoms with E-state index >= 15 is 0 Å². The summed E-state index contributed by atoms with van der Waals surface area (Å²) in [7, 11) is 1.68. The summed E-state index contributed by atoms with van der Waals surface area (Å²) in [4.78, 5) is 14.3. The molecule has 1 fully saturated rings. The molecule has 2 aromatic rings. The molecule has 138 valence electrons. The van der Waals surface area contributed by atoms with Gasteiger partial charge in [-0.2, -0.15) is 0 Å². The van der Waals surface area contributed by atoms with Crippen LogP contribution in [0.3, 0.4) is 0 Å². The number of carbonyl (C=O) groups is 1. The molecule has 2 nitrogen and oxygen atoms in total. The van der Waals surface area contributed by atoms with E-state index in [1.54, 1.807) is 18.9 Å². The van der Waals surface area contributed by atoms with Gasteiger partial charge in [0.1, 0.15) is 0 Å². The number of hydrogen-bond acceptors (Lipinski definition) is 3. The van der Waals surface area contributed by atoms with Crippen LogP contribution < -0.4 is 0 Å². The second kappa shape index (κ2) is 8.44. The van der Waals surface area contributed by atoms with Gasteiger partial charge in [0.2, 0.25) is 0 Å². The van der Waals surface area contributed by atoms with Gasteiger partial charge < -0.3 is 4.90 Å². The Labute approximate surface area is 161 Å². The number of carbonyl (C=O) groups excluding carboxylic acids is 1. The minimum Gasteiger partial charge on any atom is -0.335 e. The van der Waals surface area contributed by atoms with Crippen LogP contribution in [0.15, 0.2) is 42.5 Å². The SMILES string of the molecule is CC(c1ccc(F)c(F)c1)N(C)C(=O)c1ccc(C2SCCCS2)cc1. The van der Waals surface area contributed by atoms with Gasteiger partial charge in [0.25, 0.3) is 5.91 Å². The van der Waals surface area contributed by atoms with E-state index in [4.69, 9.17) is 0 Å². The Balaban J connectivity index is 1.72. The minimum atomic E-state index is -0.901. The molecule has 1 heterocycles. The van der Waals surface area contributed by atoms with Gasteiger partial charge in [-0.15, -0.1) is 23.5 Å². The van der Waals surface area contributed by atoms with Crippen LogP contribution in [0.25, 0.3) is 0 Å². The monoisotopic (exact) mass is 393 g/mol. The highest BCUT2D eigenvalue weighted by atomic mass is 32.2. The predicted octanol–water partition coefficient (Wildman–Crippen LogP) is 5.67. The Hall–Kier alpha value is -1.53. The van der Waals surface area contributed by atoms with Gasteiger partial charge in [-0.25, -0.2) is 8.78 Å². The maximum atomic E-state index is 13.5. The van der Waals surface area contributed by atoms with Crippen LogP contribution in [0.1, 0.15) is 45.5 Å². The van der Waals surface area contributed by atoms with Crippen molar-refractivity contribution in [2.45, 2.75) is 24.0 Å². The summed E-state index contributed by atoms with van der Waals surface area (Å²) in [6.07, 6.45) is 1.25. The standard InChI is InChI=1S/C20H21F2NOS2/c1-13(16-8-9-17(21)18(22)12-16)23(2)19(24)14-4-6-15(7-5-14)20-25-10-3-11-26-20/h4-9,12-13,20H,3,10-11H2,1-2H3. The molecule has 3 rings (SSSR count). The van der Waals surface area contributed by atoms with E-state index in [2.05, 4.69) is 0 Å². The van der Waals surface area contributed by atoms with E-state index in [0.717, 1.165) is 12.1 Å². The average molecular weight is 394 g/mol. The first-order valence-corrected chi connectivity index (χ1v) is 10.6. The quantitative estimate of drug-likeness (QED) is 0.668. The molecule has 0 saturated carbocycles. The van der Waals surface area contributed by atoms with Crippen molar-refractivity contribution in [1.29, 1.82) is 0 Å². The molecule has 1 amide bonds. The van der Waals surface area contributed by atoms with Crippen molar-refractivity contribution >= 4 is 29.4 Å². The molecule has 1 unspecified atom stereocenters. The first kappa shape index (κ1) is 19.2. The number of amides is 1. The molecule has 1 atom stereocenters. The van der Waals surface area contributed by atoms with Crippen molar-refractivity contribution in [3.05, 3.63) is 70.8 Å². The minimum absolute atomic E-state index is 0.141. The fourth-order valence-electron chi connectivity index (χ4n) is 2.84. The topological polar surface area (TPSA) is 20.3 Å². The molecule has 26 heavy (non-hydrogen) atoms. The molecular weight excluding hydrogens is 372 g/mol. The number of benzene rings is 2. The lowest BCUT2D eigenvalue weighted by Gasteiger charge is -2.26.